The Morgan fingerprint density at radius 2 is 1.80 bits per heavy atom. The zero-order valence-electron chi connectivity index (χ0n) is 20.1. The normalized spacial score (nSPS) is 14.4. The molecule has 180 valence electrons. The van der Waals surface area contributed by atoms with Crippen LogP contribution in [0.4, 0.5) is 0 Å². The van der Waals surface area contributed by atoms with Gasteiger partial charge in [-0.25, -0.2) is 0 Å². The minimum absolute atomic E-state index is 0.129. The molecular formula is C28H31N5O2. The maximum atomic E-state index is 12.8. The number of hydrogen-bond donors (Lipinski definition) is 0. The van der Waals surface area contributed by atoms with Gasteiger partial charge in [-0.3, -0.25) is 18.9 Å². The lowest BCUT2D eigenvalue weighted by Gasteiger charge is -2.36. The molecule has 4 aromatic rings. The van der Waals surface area contributed by atoms with Crippen LogP contribution in [0.2, 0.25) is 0 Å². The second-order valence-electron chi connectivity index (χ2n) is 9.02. The molecule has 2 aromatic heterocycles. The zero-order chi connectivity index (χ0) is 24.2. The molecule has 0 saturated carbocycles. The lowest BCUT2D eigenvalue weighted by atomic mass is 10.2. The van der Waals surface area contributed by atoms with Crippen LogP contribution < -0.4 is 10.3 Å². The van der Waals surface area contributed by atoms with E-state index in [0.29, 0.717) is 12.4 Å². The van der Waals surface area contributed by atoms with Crippen LogP contribution in [0, 0.1) is 0 Å². The van der Waals surface area contributed by atoms with Gasteiger partial charge in [0.2, 0.25) is 0 Å². The van der Waals surface area contributed by atoms with Crippen LogP contribution >= 0.6 is 0 Å². The number of piperazine rings is 1. The van der Waals surface area contributed by atoms with E-state index in [9.17, 15) is 4.79 Å². The standard InChI is InChI=1S/C28H31N5O2/c1-22(2)31-15-12-30(13-16-31)14-17-33-27-9-8-25(18-24(27)20-29-33)32-11-10-26(19-28(32)34)35-21-23-6-4-3-5-7-23/h3-11,18-20H,1,12-17,21H2,2H3. The van der Waals surface area contributed by atoms with Gasteiger partial charge in [0.15, 0.2) is 0 Å². The van der Waals surface area contributed by atoms with E-state index in [0.717, 1.165) is 67.1 Å². The molecule has 1 aliphatic heterocycles. The van der Waals surface area contributed by atoms with Gasteiger partial charge in [0.05, 0.1) is 18.3 Å². The number of aromatic nitrogens is 3. The zero-order valence-corrected chi connectivity index (χ0v) is 20.1. The van der Waals surface area contributed by atoms with E-state index in [1.165, 1.54) is 6.07 Å². The van der Waals surface area contributed by atoms with E-state index >= 15 is 0 Å². The number of allylic oxidation sites excluding steroid dienone is 1. The summed E-state index contributed by atoms with van der Waals surface area (Å²) in [6.07, 6.45) is 3.64. The maximum Gasteiger partial charge on any atom is 0.258 e. The molecule has 0 amide bonds. The fraction of sp³-hybridized carbons (Fsp3) is 0.286. The van der Waals surface area contributed by atoms with E-state index in [1.807, 2.05) is 65.5 Å². The van der Waals surface area contributed by atoms with E-state index in [2.05, 4.69) is 28.4 Å². The highest BCUT2D eigenvalue weighted by Crippen LogP contribution is 2.19. The molecule has 35 heavy (non-hydrogen) atoms. The Morgan fingerprint density at radius 3 is 2.54 bits per heavy atom. The van der Waals surface area contributed by atoms with Gasteiger partial charge in [-0.1, -0.05) is 36.9 Å². The molecule has 7 nitrogen and oxygen atoms in total. The summed E-state index contributed by atoms with van der Waals surface area (Å²) in [5.74, 6) is 0.563. The molecule has 2 aromatic carbocycles. The molecule has 0 radical (unpaired) electrons. The predicted octanol–water partition coefficient (Wildman–Crippen LogP) is 3.92. The Bertz CT molecular complexity index is 1370. The molecule has 0 aliphatic carbocycles. The van der Waals surface area contributed by atoms with Crippen molar-refractivity contribution in [1.29, 1.82) is 0 Å². The highest BCUT2D eigenvalue weighted by Gasteiger charge is 2.16. The largest absolute Gasteiger partial charge is 0.489 e. The molecule has 0 N–H and O–H groups in total. The SMILES string of the molecule is C=C(C)N1CCN(CCn2ncc3cc(-n4ccc(OCc5ccccc5)cc4=O)ccc32)CC1. The van der Waals surface area contributed by atoms with Crippen LogP contribution in [-0.2, 0) is 13.2 Å². The molecule has 1 fully saturated rings. The summed E-state index contributed by atoms with van der Waals surface area (Å²) in [4.78, 5) is 17.6. The maximum absolute atomic E-state index is 12.8. The second kappa shape index (κ2) is 10.2. The van der Waals surface area contributed by atoms with Gasteiger partial charge in [-0.05, 0) is 36.8 Å². The fourth-order valence-corrected chi connectivity index (χ4v) is 4.50. The number of pyridine rings is 1. The van der Waals surface area contributed by atoms with Gasteiger partial charge < -0.3 is 9.64 Å². The summed E-state index contributed by atoms with van der Waals surface area (Å²) < 4.78 is 9.48. The fourth-order valence-electron chi connectivity index (χ4n) is 4.50. The Hall–Kier alpha value is -3.84. The van der Waals surface area contributed by atoms with Crippen molar-refractivity contribution in [2.45, 2.75) is 20.1 Å². The van der Waals surface area contributed by atoms with Crippen LogP contribution in [0.1, 0.15) is 12.5 Å². The van der Waals surface area contributed by atoms with Gasteiger partial charge in [0, 0.05) is 61.8 Å². The summed E-state index contributed by atoms with van der Waals surface area (Å²) in [7, 11) is 0. The second-order valence-corrected chi connectivity index (χ2v) is 9.02. The Labute approximate surface area is 205 Å². The van der Waals surface area contributed by atoms with Crippen molar-refractivity contribution in [2.75, 3.05) is 32.7 Å². The number of ether oxygens (including phenoxy) is 1. The molecule has 0 bridgehead atoms. The third-order valence-corrected chi connectivity index (χ3v) is 6.58. The average Bonchev–Trinajstić information content (AvgIpc) is 3.29. The molecular weight excluding hydrogens is 438 g/mol. The predicted molar refractivity (Wildman–Crippen MR) is 139 cm³/mol. The van der Waals surface area contributed by atoms with Crippen LogP contribution in [0.3, 0.4) is 0 Å². The minimum Gasteiger partial charge on any atom is -0.489 e. The lowest BCUT2D eigenvalue weighted by molar-refractivity contribution is 0.154. The molecule has 0 atom stereocenters. The molecule has 1 saturated heterocycles. The number of rotatable bonds is 8. The summed E-state index contributed by atoms with van der Waals surface area (Å²) >= 11 is 0. The van der Waals surface area contributed by atoms with Crippen molar-refractivity contribution in [1.82, 2.24) is 24.1 Å². The highest BCUT2D eigenvalue weighted by molar-refractivity contribution is 5.80. The lowest BCUT2D eigenvalue weighted by Crippen LogP contribution is -2.46. The first-order chi connectivity index (χ1) is 17.1. The molecule has 5 rings (SSSR count). The van der Waals surface area contributed by atoms with Gasteiger partial charge in [-0.15, -0.1) is 0 Å². The number of hydrogen-bond acceptors (Lipinski definition) is 5. The molecule has 7 heteroatoms. The van der Waals surface area contributed by atoms with Crippen molar-refractivity contribution >= 4 is 10.9 Å². The summed E-state index contributed by atoms with van der Waals surface area (Å²) in [5, 5.41) is 5.62. The first-order valence-electron chi connectivity index (χ1n) is 12.0. The van der Waals surface area contributed by atoms with E-state index in [4.69, 9.17) is 4.74 Å². The number of benzene rings is 2. The summed E-state index contributed by atoms with van der Waals surface area (Å²) in [5.41, 5.74) is 3.97. The van der Waals surface area contributed by atoms with Crippen LogP contribution in [0.15, 0.2) is 90.1 Å². The molecule has 1 aliphatic rings. The van der Waals surface area contributed by atoms with Crippen molar-refractivity contribution in [3.63, 3.8) is 0 Å². The van der Waals surface area contributed by atoms with Crippen molar-refractivity contribution in [2.24, 2.45) is 0 Å². The number of nitrogens with zero attached hydrogens (tertiary/aromatic N) is 5. The van der Waals surface area contributed by atoms with Crippen molar-refractivity contribution < 1.29 is 4.74 Å². The van der Waals surface area contributed by atoms with Crippen molar-refractivity contribution in [3.8, 4) is 11.4 Å². The Morgan fingerprint density at radius 1 is 1.00 bits per heavy atom. The van der Waals surface area contributed by atoms with Crippen LogP contribution in [0.5, 0.6) is 5.75 Å². The van der Waals surface area contributed by atoms with Gasteiger partial charge in [0.25, 0.3) is 5.56 Å². The van der Waals surface area contributed by atoms with Crippen LogP contribution in [0.25, 0.3) is 16.6 Å². The molecule has 3 heterocycles. The third-order valence-electron chi connectivity index (χ3n) is 6.58. The van der Waals surface area contributed by atoms with E-state index < -0.39 is 0 Å². The first kappa shape index (κ1) is 22.9. The first-order valence-corrected chi connectivity index (χ1v) is 12.0. The average molecular weight is 470 g/mol. The summed E-state index contributed by atoms with van der Waals surface area (Å²) in [6, 6.07) is 19.3. The minimum atomic E-state index is -0.129. The van der Waals surface area contributed by atoms with Gasteiger partial charge in [0.1, 0.15) is 12.4 Å². The molecule has 0 spiro atoms. The van der Waals surface area contributed by atoms with Gasteiger partial charge >= 0.3 is 0 Å². The number of fused-ring (bicyclic) bond motifs is 1. The van der Waals surface area contributed by atoms with E-state index in [-0.39, 0.29) is 5.56 Å². The molecule has 0 unspecified atom stereocenters. The van der Waals surface area contributed by atoms with Crippen molar-refractivity contribution in [3.05, 3.63) is 101 Å². The highest BCUT2D eigenvalue weighted by atomic mass is 16.5. The Balaban J connectivity index is 1.24. The third kappa shape index (κ3) is 5.30. The topological polar surface area (TPSA) is 55.5 Å². The summed E-state index contributed by atoms with van der Waals surface area (Å²) in [6.45, 7) is 12.5. The Kier molecular flexibility index (Phi) is 6.68. The monoisotopic (exact) mass is 469 g/mol. The van der Waals surface area contributed by atoms with E-state index in [1.54, 1.807) is 10.8 Å². The smallest absolute Gasteiger partial charge is 0.258 e. The van der Waals surface area contributed by atoms with Crippen LogP contribution in [-0.4, -0.2) is 56.9 Å². The van der Waals surface area contributed by atoms with Gasteiger partial charge in [-0.2, -0.15) is 5.10 Å². The quantitative estimate of drug-likeness (QED) is 0.392.